The molecule has 29 heavy (non-hydrogen) atoms. The van der Waals surface area contributed by atoms with Gasteiger partial charge in [0.1, 0.15) is 11.6 Å². The van der Waals surface area contributed by atoms with Gasteiger partial charge in [0.05, 0.1) is 30.0 Å². The summed E-state index contributed by atoms with van der Waals surface area (Å²) in [6, 6.07) is 14.7. The van der Waals surface area contributed by atoms with E-state index in [4.69, 9.17) is 9.29 Å². The first-order valence-electron chi connectivity index (χ1n) is 10.3. The molecule has 1 aliphatic carbocycles. The second-order valence-corrected chi connectivity index (χ2v) is 8.64. The van der Waals surface area contributed by atoms with Crippen LogP contribution in [0.15, 0.2) is 48.5 Å². The van der Waals surface area contributed by atoms with Crippen LogP contribution in [0.1, 0.15) is 30.4 Å². The number of rotatable bonds is 6. The molecule has 2 aliphatic rings. The Labute approximate surface area is 176 Å². The summed E-state index contributed by atoms with van der Waals surface area (Å²) in [4.78, 5) is 2.10. The number of hydrogen-bond donors (Lipinski definition) is 2. The third-order valence-corrected chi connectivity index (χ3v) is 6.21. The van der Waals surface area contributed by atoms with Gasteiger partial charge in [-0.2, -0.15) is 0 Å². The second-order valence-electron chi connectivity index (χ2n) is 7.62. The zero-order chi connectivity index (χ0) is 20.5. The highest BCUT2D eigenvalue weighted by molar-refractivity contribution is 7.95. The third kappa shape index (κ3) is 7.30. The van der Waals surface area contributed by atoms with Crippen molar-refractivity contribution in [3.05, 3.63) is 65.5 Å². The summed E-state index contributed by atoms with van der Waals surface area (Å²) in [6.45, 7) is 1.99. The molecule has 1 fully saturated rings. The molecule has 0 aromatic heterocycles. The van der Waals surface area contributed by atoms with Crippen LogP contribution in [0.4, 0.5) is 4.39 Å². The van der Waals surface area contributed by atoms with Crippen LogP contribution in [0.2, 0.25) is 0 Å². The van der Waals surface area contributed by atoms with Crippen LogP contribution in [-0.4, -0.2) is 52.7 Å². The highest BCUT2D eigenvalue weighted by Gasteiger charge is 2.25. The van der Waals surface area contributed by atoms with E-state index in [9.17, 15) is 9.50 Å². The van der Waals surface area contributed by atoms with E-state index in [2.05, 4.69) is 29.2 Å². The van der Waals surface area contributed by atoms with E-state index >= 15 is 0 Å². The lowest BCUT2D eigenvalue weighted by Crippen LogP contribution is -2.33. The van der Waals surface area contributed by atoms with Crippen LogP contribution in [0.5, 0.6) is 5.75 Å². The highest BCUT2D eigenvalue weighted by Crippen LogP contribution is 2.26. The average Bonchev–Trinajstić information content (AvgIpc) is 3.21. The van der Waals surface area contributed by atoms with Crippen LogP contribution in [0, 0.1) is 5.82 Å². The maximum Gasteiger partial charge on any atom is 0.137 e. The summed E-state index contributed by atoms with van der Waals surface area (Å²) < 4.78 is 18.3. The second kappa shape index (κ2) is 11.6. The van der Waals surface area contributed by atoms with Gasteiger partial charge in [0.2, 0.25) is 0 Å². The predicted octanol–water partition coefficient (Wildman–Crippen LogP) is 3.85. The third-order valence-electron chi connectivity index (χ3n) is 5.26. The Morgan fingerprint density at radius 2 is 1.72 bits per heavy atom. The van der Waals surface area contributed by atoms with Crippen molar-refractivity contribution in [2.24, 2.45) is 0 Å². The minimum Gasteiger partial charge on any atom is -0.425 e. The molecule has 2 aromatic rings. The number of nitrogens with zero attached hydrogens (tertiary/aromatic N) is 1. The number of hydrogen-bond acceptors (Lipinski definition) is 5. The van der Waals surface area contributed by atoms with Crippen molar-refractivity contribution in [2.45, 2.75) is 43.5 Å². The predicted molar refractivity (Wildman–Crippen MR) is 116 cm³/mol. The van der Waals surface area contributed by atoms with Gasteiger partial charge < -0.3 is 14.4 Å². The molecule has 0 spiro atoms. The average molecular weight is 420 g/mol. The lowest BCUT2D eigenvalue weighted by Gasteiger charge is -2.18. The zero-order valence-electron chi connectivity index (χ0n) is 16.7. The molecule has 4 rings (SSSR count). The molecule has 0 radical (unpaired) electrons. The molecule has 1 saturated heterocycles. The van der Waals surface area contributed by atoms with Gasteiger partial charge in [-0.15, -0.1) is 0 Å². The summed E-state index contributed by atoms with van der Waals surface area (Å²) >= 11 is 1.37. The Hall–Kier alpha value is -1.60. The number of benzene rings is 2. The molecular weight excluding hydrogens is 389 g/mol. The summed E-state index contributed by atoms with van der Waals surface area (Å²) in [5.74, 6) is 0.364. The van der Waals surface area contributed by atoms with Crippen molar-refractivity contribution in [2.75, 3.05) is 26.2 Å². The van der Waals surface area contributed by atoms with Gasteiger partial charge >= 0.3 is 0 Å². The molecule has 2 atom stereocenters. The Morgan fingerprint density at radius 3 is 2.34 bits per heavy atom. The van der Waals surface area contributed by atoms with Crippen molar-refractivity contribution >= 4 is 12.0 Å². The number of halogens is 1. The Kier molecular flexibility index (Phi) is 8.80. The van der Waals surface area contributed by atoms with E-state index in [1.165, 1.54) is 49.9 Å². The van der Waals surface area contributed by atoms with Gasteiger partial charge in [0.15, 0.2) is 0 Å². The van der Waals surface area contributed by atoms with Crippen molar-refractivity contribution in [3.63, 3.8) is 0 Å². The molecule has 4 nitrogen and oxygen atoms in total. The van der Waals surface area contributed by atoms with Crippen LogP contribution >= 0.6 is 12.0 Å². The molecule has 1 aliphatic heterocycles. The van der Waals surface area contributed by atoms with E-state index in [1.807, 2.05) is 0 Å². The Balaban J connectivity index is 0.000000200. The van der Waals surface area contributed by atoms with Crippen molar-refractivity contribution in [3.8, 4) is 5.75 Å². The molecule has 158 valence electrons. The number of aliphatic hydroxyl groups is 2. The largest absolute Gasteiger partial charge is 0.425 e. The normalized spacial score (nSPS) is 19.8. The van der Waals surface area contributed by atoms with Crippen LogP contribution in [-0.2, 0) is 12.8 Å². The quantitative estimate of drug-likeness (QED) is 0.697. The fourth-order valence-electron chi connectivity index (χ4n) is 3.69. The number of fused-ring (bicyclic) bond motifs is 1. The van der Waals surface area contributed by atoms with Crippen molar-refractivity contribution < 1.29 is 18.8 Å². The fourth-order valence-corrected chi connectivity index (χ4v) is 4.52. The molecule has 2 aromatic carbocycles. The SMILES string of the molecule is OCC(O)CN1CCC(SOc2ccc(F)cc2)C1.c1ccc2c(c1)CCCC2. The number of aryl methyl sites for hydroxylation is 2. The summed E-state index contributed by atoms with van der Waals surface area (Å²) in [7, 11) is 0. The molecule has 0 amide bonds. The summed E-state index contributed by atoms with van der Waals surface area (Å²) in [5.41, 5.74) is 3.16. The van der Waals surface area contributed by atoms with E-state index in [-0.39, 0.29) is 12.4 Å². The lowest BCUT2D eigenvalue weighted by molar-refractivity contribution is 0.0662. The first kappa shape index (κ1) is 22.1. The Bertz CT molecular complexity index is 718. The minimum absolute atomic E-state index is 0.208. The first-order chi connectivity index (χ1) is 14.1. The van der Waals surface area contributed by atoms with Gasteiger partial charge in [-0.1, -0.05) is 24.3 Å². The van der Waals surface area contributed by atoms with Crippen LogP contribution < -0.4 is 4.18 Å². The van der Waals surface area contributed by atoms with Crippen LogP contribution in [0.25, 0.3) is 0 Å². The Morgan fingerprint density at radius 1 is 1.07 bits per heavy atom. The molecule has 2 unspecified atom stereocenters. The monoisotopic (exact) mass is 419 g/mol. The van der Waals surface area contributed by atoms with E-state index < -0.39 is 6.10 Å². The highest BCUT2D eigenvalue weighted by atomic mass is 32.2. The molecular formula is C23H30FNO3S. The number of likely N-dealkylation sites (tertiary alicyclic amines) is 1. The molecule has 2 N–H and O–H groups in total. The minimum atomic E-state index is -0.679. The maximum absolute atomic E-state index is 12.7. The van der Waals surface area contributed by atoms with Gasteiger partial charge in [-0.05, 0) is 74.0 Å². The van der Waals surface area contributed by atoms with E-state index in [0.29, 0.717) is 17.5 Å². The standard InChI is InChI=1S/C13H18FNO3S.C10H12/c14-10-1-3-12(4-2-10)18-19-13-5-6-15(8-13)7-11(17)9-16;1-2-6-10-8-4-3-7-9(10)5-1/h1-4,11,13,16-17H,5-9H2;1-2,5-6H,3-4,7-8H2. The molecule has 0 saturated carbocycles. The number of β-amino-alcohol motifs (C(OH)–C–C–N with tert-alkyl or cyclic N) is 1. The van der Waals surface area contributed by atoms with Crippen LogP contribution in [0.3, 0.4) is 0 Å². The number of aliphatic hydroxyl groups excluding tert-OH is 2. The van der Waals surface area contributed by atoms with E-state index in [0.717, 1.165) is 19.5 Å². The maximum atomic E-state index is 12.7. The fraction of sp³-hybridized carbons (Fsp3) is 0.478. The topological polar surface area (TPSA) is 52.9 Å². The van der Waals surface area contributed by atoms with Gasteiger partial charge in [0, 0.05) is 13.1 Å². The molecule has 6 heteroatoms. The molecule has 1 heterocycles. The smallest absolute Gasteiger partial charge is 0.137 e. The van der Waals surface area contributed by atoms with Gasteiger partial charge in [0.25, 0.3) is 0 Å². The van der Waals surface area contributed by atoms with Crippen molar-refractivity contribution in [1.82, 2.24) is 4.90 Å². The summed E-state index contributed by atoms with van der Waals surface area (Å²) in [6.07, 6.45) is 5.67. The van der Waals surface area contributed by atoms with Crippen molar-refractivity contribution in [1.29, 1.82) is 0 Å². The first-order valence-corrected chi connectivity index (χ1v) is 11.1. The lowest BCUT2D eigenvalue weighted by atomic mass is 9.92. The van der Waals surface area contributed by atoms with Gasteiger partial charge in [-0.25, -0.2) is 4.39 Å². The van der Waals surface area contributed by atoms with Gasteiger partial charge in [-0.3, -0.25) is 4.90 Å². The zero-order valence-corrected chi connectivity index (χ0v) is 17.5. The van der Waals surface area contributed by atoms with E-state index in [1.54, 1.807) is 23.3 Å². The molecule has 0 bridgehead atoms. The summed E-state index contributed by atoms with van der Waals surface area (Å²) in [5, 5.41) is 18.5.